The van der Waals surface area contributed by atoms with Gasteiger partial charge in [0.1, 0.15) is 11.3 Å². The van der Waals surface area contributed by atoms with E-state index in [1.54, 1.807) is 43.5 Å². The third-order valence-corrected chi connectivity index (χ3v) is 5.41. The normalized spacial score (nSPS) is 10.8. The van der Waals surface area contributed by atoms with E-state index in [1.165, 1.54) is 5.56 Å². The maximum absolute atomic E-state index is 13.2. The fraction of sp³-hybridized carbons (Fsp3) is 0.214. The summed E-state index contributed by atoms with van der Waals surface area (Å²) in [5.74, 6) is 0.354. The SMILES string of the molecule is COc1ccc(-c2oc3cc(C)ccc3c(=O)c2OCC(=O)OCCCc2ccccc2)cc1. The number of ether oxygens (including phenoxy) is 3. The van der Waals surface area contributed by atoms with Gasteiger partial charge in [-0.05, 0) is 67.3 Å². The van der Waals surface area contributed by atoms with Gasteiger partial charge in [-0.1, -0.05) is 36.4 Å². The quantitative estimate of drug-likeness (QED) is 0.249. The molecule has 0 radical (unpaired) electrons. The molecule has 1 heterocycles. The van der Waals surface area contributed by atoms with Crippen LogP contribution in [0.15, 0.2) is 82.0 Å². The Balaban J connectivity index is 1.50. The topological polar surface area (TPSA) is 75.0 Å². The molecule has 4 aromatic rings. The van der Waals surface area contributed by atoms with Gasteiger partial charge in [-0.3, -0.25) is 4.79 Å². The molecule has 0 fully saturated rings. The predicted molar refractivity (Wildman–Crippen MR) is 130 cm³/mol. The number of aryl methyl sites for hydroxylation is 2. The number of esters is 1. The molecule has 1 aromatic heterocycles. The number of methoxy groups -OCH3 is 1. The van der Waals surface area contributed by atoms with E-state index in [9.17, 15) is 9.59 Å². The van der Waals surface area contributed by atoms with Crippen LogP contribution in [0.5, 0.6) is 11.5 Å². The van der Waals surface area contributed by atoms with Gasteiger partial charge in [0.2, 0.25) is 11.2 Å². The minimum Gasteiger partial charge on any atom is -0.497 e. The van der Waals surface area contributed by atoms with Crippen LogP contribution in [0.3, 0.4) is 0 Å². The van der Waals surface area contributed by atoms with E-state index in [4.69, 9.17) is 18.6 Å². The fourth-order valence-corrected chi connectivity index (χ4v) is 3.63. The van der Waals surface area contributed by atoms with E-state index in [0.717, 1.165) is 12.0 Å². The molecule has 3 aromatic carbocycles. The lowest BCUT2D eigenvalue weighted by Gasteiger charge is -2.12. The first kappa shape index (κ1) is 23.1. The summed E-state index contributed by atoms with van der Waals surface area (Å²) in [6.07, 6.45) is 1.51. The number of benzene rings is 3. The van der Waals surface area contributed by atoms with Gasteiger partial charge in [-0.15, -0.1) is 0 Å². The molecule has 174 valence electrons. The summed E-state index contributed by atoms with van der Waals surface area (Å²) >= 11 is 0. The van der Waals surface area contributed by atoms with E-state index in [2.05, 4.69) is 0 Å². The van der Waals surface area contributed by atoms with E-state index in [1.807, 2.05) is 43.3 Å². The highest BCUT2D eigenvalue weighted by atomic mass is 16.6. The van der Waals surface area contributed by atoms with Gasteiger partial charge in [0.05, 0.1) is 19.1 Å². The molecule has 0 bridgehead atoms. The van der Waals surface area contributed by atoms with Crippen molar-refractivity contribution >= 4 is 16.9 Å². The highest BCUT2D eigenvalue weighted by Crippen LogP contribution is 2.32. The van der Waals surface area contributed by atoms with Crippen LogP contribution in [-0.4, -0.2) is 26.3 Å². The average Bonchev–Trinajstić information content (AvgIpc) is 2.86. The van der Waals surface area contributed by atoms with Gasteiger partial charge in [0.25, 0.3) is 0 Å². The molecule has 0 saturated carbocycles. The lowest BCUT2D eigenvalue weighted by atomic mass is 10.1. The van der Waals surface area contributed by atoms with Gasteiger partial charge in [-0.25, -0.2) is 4.79 Å². The number of carbonyl (C=O) groups excluding carboxylic acids is 1. The monoisotopic (exact) mass is 458 g/mol. The van der Waals surface area contributed by atoms with E-state index < -0.39 is 12.6 Å². The molecular weight excluding hydrogens is 432 g/mol. The van der Waals surface area contributed by atoms with E-state index in [0.29, 0.717) is 28.7 Å². The van der Waals surface area contributed by atoms with Crippen LogP contribution < -0.4 is 14.9 Å². The summed E-state index contributed by atoms with van der Waals surface area (Å²) in [6.45, 7) is 1.80. The lowest BCUT2D eigenvalue weighted by Crippen LogP contribution is -2.19. The first-order valence-electron chi connectivity index (χ1n) is 11.1. The summed E-state index contributed by atoms with van der Waals surface area (Å²) in [4.78, 5) is 25.5. The smallest absolute Gasteiger partial charge is 0.344 e. The van der Waals surface area contributed by atoms with Crippen molar-refractivity contribution in [3.05, 3.63) is 94.1 Å². The highest BCUT2D eigenvalue weighted by Gasteiger charge is 2.19. The fourth-order valence-electron chi connectivity index (χ4n) is 3.63. The molecule has 6 heteroatoms. The summed E-state index contributed by atoms with van der Waals surface area (Å²) < 4.78 is 22.3. The molecule has 0 saturated heterocycles. The second-order valence-corrected chi connectivity index (χ2v) is 7.92. The zero-order valence-corrected chi connectivity index (χ0v) is 19.2. The van der Waals surface area contributed by atoms with Gasteiger partial charge in [0.15, 0.2) is 12.4 Å². The molecule has 34 heavy (non-hydrogen) atoms. The Bertz CT molecular complexity index is 1320. The van der Waals surface area contributed by atoms with Crippen LogP contribution in [0.1, 0.15) is 17.5 Å². The molecular formula is C28H26O6. The Kier molecular flexibility index (Phi) is 7.28. The predicted octanol–water partition coefficient (Wildman–Crippen LogP) is 5.33. The summed E-state index contributed by atoms with van der Waals surface area (Å²) in [6, 6.07) is 22.4. The van der Waals surface area contributed by atoms with Crippen molar-refractivity contribution in [3.63, 3.8) is 0 Å². The molecule has 0 aliphatic rings. The molecule has 0 N–H and O–H groups in total. The summed E-state index contributed by atoms with van der Waals surface area (Å²) in [5, 5.41) is 0.383. The van der Waals surface area contributed by atoms with Crippen molar-refractivity contribution in [1.29, 1.82) is 0 Å². The molecule has 6 nitrogen and oxygen atoms in total. The minimum absolute atomic E-state index is 0.0252. The van der Waals surface area contributed by atoms with Crippen molar-refractivity contribution in [3.8, 4) is 22.8 Å². The Labute approximate surface area is 197 Å². The minimum atomic E-state index is -0.544. The molecule has 0 amide bonds. The molecule has 4 rings (SSSR count). The largest absolute Gasteiger partial charge is 0.497 e. The molecule has 0 unspecified atom stereocenters. The Morgan fingerprint density at radius 3 is 2.47 bits per heavy atom. The van der Waals surface area contributed by atoms with Crippen LogP contribution in [0.4, 0.5) is 0 Å². The van der Waals surface area contributed by atoms with E-state index in [-0.39, 0.29) is 23.5 Å². The third-order valence-electron chi connectivity index (χ3n) is 5.41. The van der Waals surface area contributed by atoms with Crippen molar-refractivity contribution in [1.82, 2.24) is 0 Å². The zero-order valence-electron chi connectivity index (χ0n) is 19.2. The lowest BCUT2D eigenvalue weighted by molar-refractivity contribution is -0.146. The van der Waals surface area contributed by atoms with Crippen molar-refractivity contribution in [2.24, 2.45) is 0 Å². The molecule has 0 aliphatic heterocycles. The summed E-state index contributed by atoms with van der Waals surface area (Å²) in [5.41, 5.74) is 2.88. The average molecular weight is 459 g/mol. The number of hydrogen-bond acceptors (Lipinski definition) is 6. The maximum atomic E-state index is 13.2. The second-order valence-electron chi connectivity index (χ2n) is 7.92. The van der Waals surface area contributed by atoms with Crippen LogP contribution in [0.2, 0.25) is 0 Å². The Morgan fingerprint density at radius 1 is 0.971 bits per heavy atom. The number of carbonyl (C=O) groups is 1. The van der Waals surface area contributed by atoms with Gasteiger partial charge in [0, 0.05) is 5.56 Å². The van der Waals surface area contributed by atoms with Crippen molar-refractivity contribution in [2.45, 2.75) is 19.8 Å². The van der Waals surface area contributed by atoms with Crippen LogP contribution in [0, 0.1) is 6.92 Å². The first-order chi connectivity index (χ1) is 16.5. The standard InChI is InChI=1S/C28H26O6/c1-19-10-15-23-24(17-19)34-27(21-11-13-22(31-2)14-12-21)28(26(23)30)33-18-25(29)32-16-6-9-20-7-4-3-5-8-20/h3-5,7-8,10-15,17H,6,9,16,18H2,1-2H3. The molecule has 0 aliphatic carbocycles. The first-order valence-corrected chi connectivity index (χ1v) is 11.1. The zero-order chi connectivity index (χ0) is 23.9. The van der Waals surface area contributed by atoms with Crippen LogP contribution in [-0.2, 0) is 16.0 Å². The van der Waals surface area contributed by atoms with Gasteiger partial charge < -0.3 is 18.6 Å². The van der Waals surface area contributed by atoms with Gasteiger partial charge in [-0.2, -0.15) is 0 Å². The highest BCUT2D eigenvalue weighted by molar-refractivity contribution is 5.83. The van der Waals surface area contributed by atoms with E-state index >= 15 is 0 Å². The molecule has 0 spiro atoms. The van der Waals surface area contributed by atoms with Crippen LogP contribution >= 0.6 is 0 Å². The number of fused-ring (bicyclic) bond motifs is 1. The third kappa shape index (κ3) is 5.46. The van der Waals surface area contributed by atoms with Gasteiger partial charge >= 0.3 is 5.97 Å². The van der Waals surface area contributed by atoms with Crippen molar-refractivity contribution in [2.75, 3.05) is 20.3 Å². The van der Waals surface area contributed by atoms with Crippen molar-refractivity contribution < 1.29 is 23.4 Å². The Hall–Kier alpha value is -4.06. The maximum Gasteiger partial charge on any atom is 0.344 e. The van der Waals surface area contributed by atoms with Crippen LogP contribution in [0.25, 0.3) is 22.3 Å². The summed E-state index contributed by atoms with van der Waals surface area (Å²) in [7, 11) is 1.58. The number of rotatable bonds is 9. The Morgan fingerprint density at radius 2 is 1.74 bits per heavy atom. The second kappa shape index (κ2) is 10.7. The molecule has 0 atom stereocenters. The number of hydrogen-bond donors (Lipinski definition) is 0.